The van der Waals surface area contributed by atoms with Crippen LogP contribution >= 0.6 is 23.4 Å². The number of nitrogens with zero attached hydrogens (tertiary/aromatic N) is 2. The predicted octanol–water partition coefficient (Wildman–Crippen LogP) is 2.43. The van der Waals surface area contributed by atoms with Gasteiger partial charge in [-0.3, -0.25) is 14.2 Å². The number of ketones is 1. The zero-order chi connectivity index (χ0) is 17.3. The van der Waals surface area contributed by atoms with Crippen molar-refractivity contribution < 1.29 is 14.3 Å². The smallest absolute Gasteiger partial charge is 0.346 e. The van der Waals surface area contributed by atoms with E-state index < -0.39 is 17.6 Å². The van der Waals surface area contributed by atoms with E-state index in [-0.39, 0.29) is 11.3 Å². The number of carbonyl (C=O) groups is 2. The lowest BCUT2D eigenvalue weighted by Crippen LogP contribution is -2.31. The zero-order valence-electron chi connectivity index (χ0n) is 12.7. The Kier molecular flexibility index (Phi) is 4.73. The summed E-state index contributed by atoms with van der Waals surface area (Å²) >= 11 is 7.24. The molecule has 0 unspecified atom stereocenters. The van der Waals surface area contributed by atoms with Crippen molar-refractivity contribution in [3.8, 4) is 0 Å². The van der Waals surface area contributed by atoms with Crippen LogP contribution in [0.15, 0.2) is 40.4 Å². The molecule has 24 heavy (non-hydrogen) atoms. The predicted molar refractivity (Wildman–Crippen MR) is 89.9 cm³/mol. The van der Waals surface area contributed by atoms with Crippen molar-refractivity contribution in [1.82, 2.24) is 9.55 Å². The molecule has 3 rings (SSSR count). The molecular formula is C16H13ClN2O4S. The van der Waals surface area contributed by atoms with Crippen LogP contribution in [0.1, 0.15) is 27.6 Å². The fraction of sp³-hybridized carbons (Fsp3) is 0.250. The molecule has 1 aromatic carbocycles. The molecule has 1 aliphatic heterocycles. The standard InChI is InChI=1S/C16H13ClN2O4S/c1-9(13(20)10-2-4-11(17)5-3-10)23-15(22)12-8-18-16-19(14(12)21)6-7-24-16/h2-5,8-9H,6-7H2,1H3/t9-/m0/s1. The number of hydrogen-bond donors (Lipinski definition) is 0. The highest BCUT2D eigenvalue weighted by atomic mass is 35.5. The molecule has 2 heterocycles. The average Bonchev–Trinajstić information content (AvgIpc) is 3.04. The molecular weight excluding hydrogens is 352 g/mol. The fourth-order valence-corrected chi connectivity index (χ4v) is 3.32. The number of rotatable bonds is 4. The molecule has 0 aliphatic carbocycles. The van der Waals surface area contributed by atoms with Crippen molar-refractivity contribution in [1.29, 1.82) is 0 Å². The van der Waals surface area contributed by atoms with Gasteiger partial charge in [-0.15, -0.1) is 0 Å². The summed E-state index contributed by atoms with van der Waals surface area (Å²) in [5, 5.41) is 1.09. The molecule has 2 aromatic rings. The second-order valence-electron chi connectivity index (χ2n) is 5.18. The minimum atomic E-state index is -1.02. The molecule has 0 saturated carbocycles. The lowest BCUT2D eigenvalue weighted by Gasteiger charge is -2.12. The summed E-state index contributed by atoms with van der Waals surface area (Å²) in [4.78, 5) is 40.8. The van der Waals surface area contributed by atoms with Crippen LogP contribution in [0.5, 0.6) is 0 Å². The van der Waals surface area contributed by atoms with Crippen LogP contribution in [-0.4, -0.2) is 33.2 Å². The van der Waals surface area contributed by atoms with Crippen molar-refractivity contribution in [2.75, 3.05) is 5.75 Å². The van der Waals surface area contributed by atoms with Gasteiger partial charge in [-0.05, 0) is 31.2 Å². The second kappa shape index (κ2) is 6.78. The van der Waals surface area contributed by atoms with Crippen LogP contribution in [0, 0.1) is 0 Å². The van der Waals surface area contributed by atoms with E-state index in [4.69, 9.17) is 16.3 Å². The van der Waals surface area contributed by atoms with Crippen molar-refractivity contribution in [3.05, 3.63) is 57.0 Å². The molecule has 124 valence electrons. The Morgan fingerprint density at radius 1 is 1.33 bits per heavy atom. The molecule has 1 aliphatic rings. The number of thioether (sulfide) groups is 1. The lowest BCUT2D eigenvalue weighted by atomic mass is 10.1. The topological polar surface area (TPSA) is 78.3 Å². The number of benzene rings is 1. The first-order valence-electron chi connectivity index (χ1n) is 7.21. The highest BCUT2D eigenvalue weighted by Crippen LogP contribution is 2.20. The number of ether oxygens (including phenoxy) is 1. The number of fused-ring (bicyclic) bond motifs is 1. The van der Waals surface area contributed by atoms with Crippen molar-refractivity contribution in [2.24, 2.45) is 0 Å². The number of Topliss-reactive ketones (excluding diaryl/α,β-unsaturated/α-hetero) is 1. The van der Waals surface area contributed by atoms with Crippen LogP contribution in [0.3, 0.4) is 0 Å². The Morgan fingerprint density at radius 3 is 2.75 bits per heavy atom. The lowest BCUT2D eigenvalue weighted by molar-refractivity contribution is 0.0315. The molecule has 0 amide bonds. The summed E-state index contributed by atoms with van der Waals surface area (Å²) in [6, 6.07) is 6.27. The summed E-state index contributed by atoms with van der Waals surface area (Å²) in [5.41, 5.74) is -0.238. The number of esters is 1. The van der Waals surface area contributed by atoms with Gasteiger partial charge in [0.1, 0.15) is 5.56 Å². The summed E-state index contributed by atoms with van der Waals surface area (Å²) in [6.07, 6.45) is 0.180. The van der Waals surface area contributed by atoms with Gasteiger partial charge in [-0.1, -0.05) is 23.4 Å². The third-order valence-electron chi connectivity index (χ3n) is 3.56. The van der Waals surface area contributed by atoms with E-state index in [1.165, 1.54) is 29.4 Å². The van der Waals surface area contributed by atoms with Gasteiger partial charge in [0.25, 0.3) is 5.56 Å². The number of aromatic nitrogens is 2. The molecule has 8 heteroatoms. The Bertz CT molecular complexity index is 863. The maximum absolute atomic E-state index is 12.3. The Morgan fingerprint density at radius 2 is 2.04 bits per heavy atom. The van der Waals surface area contributed by atoms with Gasteiger partial charge < -0.3 is 4.74 Å². The molecule has 6 nitrogen and oxygen atoms in total. The van der Waals surface area contributed by atoms with Gasteiger partial charge in [-0.25, -0.2) is 9.78 Å². The minimum absolute atomic E-state index is 0.169. The average molecular weight is 365 g/mol. The second-order valence-corrected chi connectivity index (χ2v) is 6.68. The van der Waals surface area contributed by atoms with Crippen LogP contribution in [0.4, 0.5) is 0 Å². The molecule has 0 radical (unpaired) electrons. The number of halogens is 1. The van der Waals surface area contributed by atoms with Crippen molar-refractivity contribution in [2.45, 2.75) is 24.7 Å². The maximum atomic E-state index is 12.3. The summed E-state index contributed by atoms with van der Waals surface area (Å²) in [6.45, 7) is 1.97. The fourth-order valence-electron chi connectivity index (χ4n) is 2.28. The quantitative estimate of drug-likeness (QED) is 0.471. The molecule has 1 aromatic heterocycles. The third-order valence-corrected chi connectivity index (χ3v) is 4.78. The largest absolute Gasteiger partial charge is 0.450 e. The minimum Gasteiger partial charge on any atom is -0.450 e. The van der Waals surface area contributed by atoms with Crippen molar-refractivity contribution in [3.63, 3.8) is 0 Å². The van der Waals surface area contributed by atoms with Gasteiger partial charge in [0, 0.05) is 22.9 Å². The van der Waals surface area contributed by atoms with E-state index in [1.54, 1.807) is 24.3 Å². The maximum Gasteiger partial charge on any atom is 0.346 e. The van der Waals surface area contributed by atoms with Crippen LogP contribution in [0.2, 0.25) is 5.02 Å². The number of carbonyl (C=O) groups excluding carboxylic acids is 2. The van der Waals surface area contributed by atoms with Gasteiger partial charge in [-0.2, -0.15) is 0 Å². The first-order valence-corrected chi connectivity index (χ1v) is 8.57. The van der Waals surface area contributed by atoms with Gasteiger partial charge in [0.2, 0.25) is 5.78 Å². The van der Waals surface area contributed by atoms with E-state index in [1.807, 2.05) is 0 Å². The molecule has 0 bridgehead atoms. The van der Waals surface area contributed by atoms with Gasteiger partial charge >= 0.3 is 5.97 Å². The summed E-state index contributed by atoms with van der Waals surface area (Å²) in [7, 11) is 0. The van der Waals surface area contributed by atoms with Gasteiger partial charge in [0.15, 0.2) is 11.3 Å². The Labute approximate surface area is 146 Å². The first kappa shape index (κ1) is 16.7. The Hall–Kier alpha value is -2.12. The molecule has 0 N–H and O–H groups in total. The van der Waals surface area contributed by atoms with E-state index >= 15 is 0 Å². The first-order chi connectivity index (χ1) is 11.5. The third kappa shape index (κ3) is 3.22. The van der Waals surface area contributed by atoms with E-state index in [2.05, 4.69) is 4.98 Å². The molecule has 0 spiro atoms. The SMILES string of the molecule is C[C@H](OC(=O)c1cnc2n(c1=O)CCS2)C(=O)c1ccc(Cl)cc1. The number of hydrogen-bond acceptors (Lipinski definition) is 6. The van der Waals surface area contributed by atoms with Gasteiger partial charge in [0.05, 0.1) is 6.20 Å². The molecule has 0 saturated heterocycles. The highest BCUT2D eigenvalue weighted by Gasteiger charge is 2.25. The zero-order valence-corrected chi connectivity index (χ0v) is 14.3. The van der Waals surface area contributed by atoms with Crippen LogP contribution in [-0.2, 0) is 11.3 Å². The van der Waals surface area contributed by atoms with E-state index in [0.29, 0.717) is 22.3 Å². The van der Waals surface area contributed by atoms with Crippen molar-refractivity contribution >= 4 is 35.1 Å². The van der Waals surface area contributed by atoms with Crippen LogP contribution in [0.25, 0.3) is 0 Å². The monoisotopic (exact) mass is 364 g/mol. The molecule has 1 atom stereocenters. The molecule has 0 fully saturated rings. The Balaban J connectivity index is 1.76. The highest BCUT2D eigenvalue weighted by molar-refractivity contribution is 7.99. The van der Waals surface area contributed by atoms with Crippen LogP contribution < -0.4 is 5.56 Å². The normalized spacial score (nSPS) is 14.1. The van der Waals surface area contributed by atoms with E-state index in [9.17, 15) is 14.4 Å². The summed E-state index contributed by atoms with van der Waals surface area (Å²) < 4.78 is 6.58. The summed E-state index contributed by atoms with van der Waals surface area (Å²) in [5.74, 6) is -0.481. The van der Waals surface area contributed by atoms with E-state index in [0.717, 1.165) is 5.75 Å².